The summed E-state index contributed by atoms with van der Waals surface area (Å²) in [4.78, 5) is 40.8. The lowest BCUT2D eigenvalue weighted by atomic mass is 10.1. The topological polar surface area (TPSA) is 89.8 Å². The maximum Gasteiger partial charge on any atom is 0.355 e. The molecule has 164 valence electrons. The fourth-order valence-corrected chi connectivity index (χ4v) is 3.54. The Bertz CT molecular complexity index is 1190. The quantitative estimate of drug-likeness (QED) is 0.443. The summed E-state index contributed by atoms with van der Waals surface area (Å²) in [6.07, 6.45) is 3.33. The van der Waals surface area contributed by atoms with E-state index in [0.29, 0.717) is 16.9 Å². The zero-order valence-corrected chi connectivity index (χ0v) is 18.6. The van der Waals surface area contributed by atoms with Crippen molar-refractivity contribution in [2.24, 2.45) is 4.99 Å². The van der Waals surface area contributed by atoms with E-state index < -0.39 is 24.4 Å². The van der Waals surface area contributed by atoms with Crippen LogP contribution < -0.4 is 10.1 Å². The highest BCUT2D eigenvalue weighted by Crippen LogP contribution is 2.07. The SMILES string of the molecule is CC(=O)N/C(=C/c1ccccc1)C(=O)OCC(=O)N=c1sccn1Cc1ccc(C)cc1. The molecule has 0 aliphatic heterocycles. The smallest absolute Gasteiger partial charge is 0.355 e. The van der Waals surface area contributed by atoms with Crippen LogP contribution >= 0.6 is 11.3 Å². The summed E-state index contributed by atoms with van der Waals surface area (Å²) in [6, 6.07) is 17.1. The third-order valence-corrected chi connectivity index (χ3v) is 5.12. The number of rotatable bonds is 7. The Morgan fingerprint density at radius 1 is 1.09 bits per heavy atom. The fraction of sp³-hybridized carbons (Fsp3) is 0.167. The number of hydrogen-bond acceptors (Lipinski definition) is 5. The van der Waals surface area contributed by atoms with Crippen molar-refractivity contribution in [2.75, 3.05) is 6.61 Å². The first-order valence-corrected chi connectivity index (χ1v) is 10.8. The number of hydrogen-bond donors (Lipinski definition) is 1. The van der Waals surface area contributed by atoms with Crippen LogP contribution in [0, 0.1) is 6.92 Å². The second-order valence-electron chi connectivity index (χ2n) is 7.03. The van der Waals surface area contributed by atoms with Gasteiger partial charge < -0.3 is 14.6 Å². The molecule has 2 aromatic carbocycles. The van der Waals surface area contributed by atoms with E-state index >= 15 is 0 Å². The Balaban J connectivity index is 1.67. The molecule has 0 aliphatic rings. The molecule has 3 aromatic rings. The van der Waals surface area contributed by atoms with E-state index in [2.05, 4.69) is 10.3 Å². The number of thiazole rings is 1. The molecule has 32 heavy (non-hydrogen) atoms. The van der Waals surface area contributed by atoms with Crippen LogP contribution in [-0.4, -0.2) is 29.0 Å². The molecule has 8 heteroatoms. The highest BCUT2D eigenvalue weighted by Gasteiger charge is 2.15. The summed E-state index contributed by atoms with van der Waals surface area (Å²) in [5.74, 6) is -1.83. The molecule has 1 aromatic heterocycles. The first-order valence-electron chi connectivity index (χ1n) is 9.89. The van der Waals surface area contributed by atoms with Gasteiger partial charge in [0.15, 0.2) is 11.4 Å². The standard InChI is InChI=1S/C24H23N3O4S/c1-17-8-10-20(11-9-17)15-27-12-13-32-24(27)26-22(29)16-31-23(30)21(25-18(2)28)14-19-6-4-3-5-7-19/h3-14H,15-16H2,1-2H3,(H,25,28)/b21-14+,26-24?. The lowest BCUT2D eigenvalue weighted by Gasteiger charge is -2.08. The molecule has 3 rings (SSSR count). The van der Waals surface area contributed by atoms with Gasteiger partial charge in [0.2, 0.25) is 5.91 Å². The Labute approximate surface area is 189 Å². The van der Waals surface area contributed by atoms with Crippen molar-refractivity contribution in [3.63, 3.8) is 0 Å². The molecular weight excluding hydrogens is 426 g/mol. The molecule has 0 bridgehead atoms. The number of nitrogens with one attached hydrogen (secondary N) is 1. The highest BCUT2D eigenvalue weighted by atomic mass is 32.1. The predicted molar refractivity (Wildman–Crippen MR) is 122 cm³/mol. The molecule has 0 radical (unpaired) electrons. The van der Waals surface area contributed by atoms with Crippen molar-refractivity contribution in [1.29, 1.82) is 0 Å². The Morgan fingerprint density at radius 3 is 2.50 bits per heavy atom. The van der Waals surface area contributed by atoms with Crippen molar-refractivity contribution < 1.29 is 19.1 Å². The summed E-state index contributed by atoms with van der Waals surface area (Å²) >= 11 is 1.32. The Hall–Kier alpha value is -3.78. The van der Waals surface area contributed by atoms with Gasteiger partial charge in [0.25, 0.3) is 5.91 Å². The van der Waals surface area contributed by atoms with Gasteiger partial charge in [0, 0.05) is 25.0 Å². The van der Waals surface area contributed by atoms with Crippen LogP contribution in [-0.2, 0) is 25.7 Å². The largest absolute Gasteiger partial charge is 0.451 e. The lowest BCUT2D eigenvalue weighted by Crippen LogP contribution is -2.27. The van der Waals surface area contributed by atoms with E-state index in [1.165, 1.54) is 29.9 Å². The normalized spacial score (nSPS) is 11.8. The summed E-state index contributed by atoms with van der Waals surface area (Å²) in [7, 11) is 0. The molecule has 2 amide bonds. The van der Waals surface area contributed by atoms with Crippen LogP contribution in [0.4, 0.5) is 0 Å². The maximum absolute atomic E-state index is 12.4. The van der Waals surface area contributed by atoms with Crippen molar-refractivity contribution in [1.82, 2.24) is 9.88 Å². The summed E-state index contributed by atoms with van der Waals surface area (Å²) in [6.45, 7) is 3.35. The first-order chi connectivity index (χ1) is 15.4. The monoisotopic (exact) mass is 449 g/mol. The van der Waals surface area contributed by atoms with E-state index in [-0.39, 0.29) is 5.70 Å². The molecule has 0 saturated heterocycles. The number of amides is 2. The van der Waals surface area contributed by atoms with Crippen molar-refractivity contribution >= 4 is 35.2 Å². The third kappa shape index (κ3) is 6.88. The average Bonchev–Trinajstić information content (AvgIpc) is 3.20. The van der Waals surface area contributed by atoms with Crippen LogP contribution in [0.2, 0.25) is 0 Å². The first kappa shape index (κ1) is 22.9. The Morgan fingerprint density at radius 2 is 1.81 bits per heavy atom. The number of ether oxygens (including phenoxy) is 1. The number of carbonyl (C=O) groups excluding carboxylic acids is 3. The number of benzene rings is 2. The number of esters is 1. The van der Waals surface area contributed by atoms with Gasteiger partial charge in [-0.2, -0.15) is 4.99 Å². The van der Waals surface area contributed by atoms with Crippen LogP contribution in [0.3, 0.4) is 0 Å². The molecule has 0 atom stereocenters. The molecule has 0 saturated carbocycles. The van der Waals surface area contributed by atoms with Gasteiger partial charge in [-0.25, -0.2) is 4.79 Å². The minimum Gasteiger partial charge on any atom is -0.451 e. The average molecular weight is 450 g/mol. The zero-order chi connectivity index (χ0) is 22.9. The van der Waals surface area contributed by atoms with Crippen molar-refractivity contribution in [3.05, 3.63) is 93.4 Å². The van der Waals surface area contributed by atoms with E-state index in [4.69, 9.17) is 4.74 Å². The van der Waals surface area contributed by atoms with E-state index in [1.54, 1.807) is 24.3 Å². The summed E-state index contributed by atoms with van der Waals surface area (Å²) in [5, 5.41) is 4.28. The van der Waals surface area contributed by atoms with Crippen LogP contribution in [0.25, 0.3) is 6.08 Å². The minimum atomic E-state index is -0.814. The van der Waals surface area contributed by atoms with E-state index in [9.17, 15) is 14.4 Å². The van der Waals surface area contributed by atoms with Crippen LogP contribution in [0.15, 0.2) is 76.9 Å². The predicted octanol–water partition coefficient (Wildman–Crippen LogP) is 3.05. The minimum absolute atomic E-state index is 0.0536. The van der Waals surface area contributed by atoms with E-state index in [0.717, 1.165) is 5.56 Å². The summed E-state index contributed by atoms with van der Waals surface area (Å²) in [5.41, 5.74) is 2.91. The number of aromatic nitrogens is 1. The lowest BCUT2D eigenvalue weighted by molar-refractivity contribution is -0.144. The van der Waals surface area contributed by atoms with Gasteiger partial charge in [-0.15, -0.1) is 11.3 Å². The van der Waals surface area contributed by atoms with Crippen LogP contribution in [0.1, 0.15) is 23.6 Å². The molecule has 1 heterocycles. The number of aryl methyl sites for hydroxylation is 1. The molecule has 0 unspecified atom stereocenters. The van der Waals surface area contributed by atoms with Gasteiger partial charge in [-0.1, -0.05) is 60.2 Å². The molecule has 7 nitrogen and oxygen atoms in total. The van der Waals surface area contributed by atoms with Crippen molar-refractivity contribution in [3.8, 4) is 0 Å². The Kier molecular flexibility index (Phi) is 7.88. The molecule has 1 N–H and O–H groups in total. The van der Waals surface area contributed by atoms with Gasteiger partial charge in [-0.3, -0.25) is 9.59 Å². The second-order valence-corrected chi connectivity index (χ2v) is 7.90. The van der Waals surface area contributed by atoms with Gasteiger partial charge in [-0.05, 0) is 24.1 Å². The fourth-order valence-electron chi connectivity index (χ4n) is 2.79. The van der Waals surface area contributed by atoms with Crippen LogP contribution in [0.5, 0.6) is 0 Å². The molecule has 0 fully saturated rings. The van der Waals surface area contributed by atoms with Gasteiger partial charge in [0.1, 0.15) is 5.70 Å². The molecular formula is C24H23N3O4S. The zero-order valence-electron chi connectivity index (χ0n) is 17.8. The van der Waals surface area contributed by atoms with Gasteiger partial charge in [0.05, 0.1) is 0 Å². The van der Waals surface area contributed by atoms with Gasteiger partial charge >= 0.3 is 5.97 Å². The highest BCUT2D eigenvalue weighted by molar-refractivity contribution is 7.07. The number of carbonyl (C=O) groups is 3. The van der Waals surface area contributed by atoms with Crippen molar-refractivity contribution in [2.45, 2.75) is 20.4 Å². The summed E-state index contributed by atoms with van der Waals surface area (Å²) < 4.78 is 6.94. The maximum atomic E-state index is 12.4. The third-order valence-electron chi connectivity index (χ3n) is 4.32. The number of nitrogens with zero attached hydrogens (tertiary/aromatic N) is 2. The molecule has 0 aliphatic carbocycles. The second kappa shape index (κ2) is 11.0. The van der Waals surface area contributed by atoms with E-state index in [1.807, 2.05) is 53.4 Å². The molecule has 0 spiro atoms.